The standard InChI is InChI=1S/C16H20FNO/c17-14-6-7-15-13(11-14)9-10-18(15)16(19)8-5-12-3-1-2-4-12/h6-7,11-12H,1-5,8-10H2. The van der Waals surface area contributed by atoms with Gasteiger partial charge in [0.05, 0.1) is 0 Å². The maximum atomic E-state index is 13.1. The average molecular weight is 261 g/mol. The number of carbonyl (C=O) groups is 1. The average Bonchev–Trinajstić information content (AvgIpc) is 3.04. The van der Waals surface area contributed by atoms with Crippen molar-refractivity contribution in [3.8, 4) is 0 Å². The summed E-state index contributed by atoms with van der Waals surface area (Å²) in [5.41, 5.74) is 1.88. The lowest BCUT2D eigenvalue weighted by atomic mass is 10.0. The number of benzene rings is 1. The van der Waals surface area contributed by atoms with E-state index in [1.54, 1.807) is 12.1 Å². The summed E-state index contributed by atoms with van der Waals surface area (Å²) in [4.78, 5) is 14.1. The summed E-state index contributed by atoms with van der Waals surface area (Å²) in [5.74, 6) is 0.746. The molecule has 1 aliphatic heterocycles. The van der Waals surface area contributed by atoms with Crippen molar-refractivity contribution in [3.63, 3.8) is 0 Å². The van der Waals surface area contributed by atoms with Gasteiger partial charge in [-0.15, -0.1) is 0 Å². The Morgan fingerprint density at radius 3 is 2.89 bits per heavy atom. The number of anilines is 1. The lowest BCUT2D eigenvalue weighted by molar-refractivity contribution is -0.118. The zero-order valence-electron chi connectivity index (χ0n) is 11.2. The molecule has 102 valence electrons. The van der Waals surface area contributed by atoms with E-state index in [1.807, 2.05) is 4.90 Å². The SMILES string of the molecule is O=C(CCC1CCCC1)N1CCc2cc(F)ccc21. The second-order valence-corrected chi connectivity index (χ2v) is 5.76. The van der Waals surface area contributed by atoms with Crippen LogP contribution in [0.4, 0.5) is 10.1 Å². The van der Waals surface area contributed by atoms with E-state index < -0.39 is 0 Å². The van der Waals surface area contributed by atoms with Gasteiger partial charge in [-0.3, -0.25) is 4.79 Å². The van der Waals surface area contributed by atoms with E-state index in [4.69, 9.17) is 0 Å². The molecule has 3 rings (SSSR count). The van der Waals surface area contributed by atoms with Crippen LogP contribution in [-0.4, -0.2) is 12.5 Å². The molecule has 1 heterocycles. The Hall–Kier alpha value is -1.38. The van der Waals surface area contributed by atoms with E-state index in [0.29, 0.717) is 13.0 Å². The van der Waals surface area contributed by atoms with Crippen LogP contribution in [0.25, 0.3) is 0 Å². The molecule has 0 saturated heterocycles. The second-order valence-electron chi connectivity index (χ2n) is 5.76. The molecule has 1 aliphatic carbocycles. The summed E-state index contributed by atoms with van der Waals surface area (Å²) >= 11 is 0. The van der Waals surface area contributed by atoms with Gasteiger partial charge < -0.3 is 4.90 Å². The lowest BCUT2D eigenvalue weighted by Gasteiger charge is -2.18. The van der Waals surface area contributed by atoms with Crippen LogP contribution in [0.3, 0.4) is 0 Å². The third-order valence-corrected chi connectivity index (χ3v) is 4.48. The number of amides is 1. The van der Waals surface area contributed by atoms with Gasteiger partial charge in [0.15, 0.2) is 0 Å². The van der Waals surface area contributed by atoms with Gasteiger partial charge in [0.25, 0.3) is 0 Å². The van der Waals surface area contributed by atoms with Crippen molar-refractivity contribution >= 4 is 11.6 Å². The molecule has 0 N–H and O–H groups in total. The van der Waals surface area contributed by atoms with E-state index in [0.717, 1.165) is 30.0 Å². The molecule has 19 heavy (non-hydrogen) atoms. The van der Waals surface area contributed by atoms with E-state index in [1.165, 1.54) is 31.7 Å². The first-order valence-electron chi connectivity index (χ1n) is 7.33. The van der Waals surface area contributed by atoms with Crippen molar-refractivity contribution in [1.82, 2.24) is 0 Å². The normalized spacial score (nSPS) is 18.9. The molecule has 1 aromatic rings. The number of halogens is 1. The van der Waals surface area contributed by atoms with E-state index in [9.17, 15) is 9.18 Å². The molecule has 1 fully saturated rings. The Kier molecular flexibility index (Phi) is 3.54. The molecular weight excluding hydrogens is 241 g/mol. The minimum Gasteiger partial charge on any atom is -0.312 e. The highest BCUT2D eigenvalue weighted by atomic mass is 19.1. The first-order valence-corrected chi connectivity index (χ1v) is 7.33. The van der Waals surface area contributed by atoms with Crippen LogP contribution in [0.5, 0.6) is 0 Å². The third kappa shape index (κ3) is 2.65. The molecule has 0 atom stereocenters. The quantitative estimate of drug-likeness (QED) is 0.812. The van der Waals surface area contributed by atoms with E-state index in [2.05, 4.69) is 0 Å². The predicted octanol–water partition coefficient (Wildman–Crippen LogP) is 3.69. The van der Waals surface area contributed by atoms with Gasteiger partial charge in [-0.1, -0.05) is 25.7 Å². The van der Waals surface area contributed by atoms with Crippen LogP contribution in [0.15, 0.2) is 18.2 Å². The van der Waals surface area contributed by atoms with Gasteiger partial charge >= 0.3 is 0 Å². The number of nitrogens with zero attached hydrogens (tertiary/aromatic N) is 1. The smallest absolute Gasteiger partial charge is 0.227 e. The van der Waals surface area contributed by atoms with E-state index in [-0.39, 0.29) is 11.7 Å². The highest BCUT2D eigenvalue weighted by Gasteiger charge is 2.25. The minimum absolute atomic E-state index is 0.206. The molecule has 0 aromatic heterocycles. The van der Waals surface area contributed by atoms with Gasteiger partial charge in [0, 0.05) is 18.7 Å². The number of rotatable bonds is 3. The monoisotopic (exact) mass is 261 g/mol. The molecule has 0 spiro atoms. The fourth-order valence-corrected chi connectivity index (χ4v) is 3.39. The maximum Gasteiger partial charge on any atom is 0.227 e. The van der Waals surface area contributed by atoms with Crippen LogP contribution >= 0.6 is 0 Å². The largest absolute Gasteiger partial charge is 0.312 e. The highest BCUT2D eigenvalue weighted by Crippen LogP contribution is 2.32. The zero-order valence-corrected chi connectivity index (χ0v) is 11.2. The molecule has 3 heteroatoms. The number of hydrogen-bond acceptors (Lipinski definition) is 1. The van der Waals surface area contributed by atoms with Gasteiger partial charge in [-0.25, -0.2) is 4.39 Å². The van der Waals surface area contributed by atoms with Crippen molar-refractivity contribution in [2.75, 3.05) is 11.4 Å². The Labute approximate surface area is 113 Å². The first kappa shape index (κ1) is 12.6. The Bertz CT molecular complexity index is 480. The van der Waals surface area contributed by atoms with Crippen molar-refractivity contribution in [1.29, 1.82) is 0 Å². The number of hydrogen-bond donors (Lipinski definition) is 0. The van der Waals surface area contributed by atoms with E-state index >= 15 is 0 Å². The molecule has 0 unspecified atom stereocenters. The van der Waals surface area contributed by atoms with Gasteiger partial charge in [-0.2, -0.15) is 0 Å². The molecule has 2 aliphatic rings. The molecule has 1 saturated carbocycles. The van der Waals surface area contributed by atoms with Crippen LogP contribution in [0.2, 0.25) is 0 Å². The fraction of sp³-hybridized carbons (Fsp3) is 0.562. The van der Waals surface area contributed by atoms with Crippen molar-refractivity contribution in [2.24, 2.45) is 5.92 Å². The van der Waals surface area contributed by atoms with Crippen LogP contribution in [0.1, 0.15) is 44.1 Å². The Morgan fingerprint density at radius 1 is 1.32 bits per heavy atom. The summed E-state index contributed by atoms with van der Waals surface area (Å²) in [6.07, 6.45) is 7.66. The van der Waals surface area contributed by atoms with Gasteiger partial charge in [-0.05, 0) is 42.5 Å². The summed E-state index contributed by atoms with van der Waals surface area (Å²) in [6.45, 7) is 0.711. The number of carbonyl (C=O) groups excluding carboxylic acids is 1. The zero-order chi connectivity index (χ0) is 13.2. The summed E-state index contributed by atoms with van der Waals surface area (Å²) in [7, 11) is 0. The first-order chi connectivity index (χ1) is 9.24. The fourth-order valence-electron chi connectivity index (χ4n) is 3.39. The Balaban J connectivity index is 1.62. The van der Waals surface area contributed by atoms with Crippen molar-refractivity contribution < 1.29 is 9.18 Å². The van der Waals surface area contributed by atoms with Gasteiger partial charge in [0.1, 0.15) is 5.82 Å². The summed E-state index contributed by atoms with van der Waals surface area (Å²) in [6, 6.07) is 4.74. The van der Waals surface area contributed by atoms with Crippen LogP contribution < -0.4 is 4.90 Å². The number of fused-ring (bicyclic) bond motifs is 1. The summed E-state index contributed by atoms with van der Waals surface area (Å²) < 4.78 is 13.1. The molecular formula is C16H20FNO. The minimum atomic E-state index is -0.209. The summed E-state index contributed by atoms with van der Waals surface area (Å²) in [5, 5.41) is 0. The Morgan fingerprint density at radius 2 is 2.11 bits per heavy atom. The van der Waals surface area contributed by atoms with Crippen molar-refractivity contribution in [3.05, 3.63) is 29.6 Å². The molecule has 0 radical (unpaired) electrons. The maximum absolute atomic E-state index is 13.1. The van der Waals surface area contributed by atoms with Crippen LogP contribution in [0, 0.1) is 11.7 Å². The lowest BCUT2D eigenvalue weighted by Crippen LogP contribution is -2.28. The van der Waals surface area contributed by atoms with Crippen LogP contribution in [-0.2, 0) is 11.2 Å². The molecule has 2 nitrogen and oxygen atoms in total. The predicted molar refractivity (Wildman–Crippen MR) is 73.6 cm³/mol. The van der Waals surface area contributed by atoms with Gasteiger partial charge in [0.2, 0.25) is 5.91 Å². The second kappa shape index (κ2) is 5.32. The molecule has 1 amide bonds. The third-order valence-electron chi connectivity index (χ3n) is 4.48. The highest BCUT2D eigenvalue weighted by molar-refractivity contribution is 5.95. The molecule has 0 bridgehead atoms. The topological polar surface area (TPSA) is 20.3 Å². The molecule has 1 aromatic carbocycles. The van der Waals surface area contributed by atoms with Crippen molar-refractivity contribution in [2.45, 2.75) is 44.9 Å².